The van der Waals surface area contributed by atoms with Crippen molar-refractivity contribution in [3.63, 3.8) is 0 Å². The van der Waals surface area contributed by atoms with E-state index >= 15 is 0 Å². The quantitative estimate of drug-likeness (QED) is 0.897. The van der Waals surface area contributed by atoms with Crippen LogP contribution >= 0.6 is 0 Å². The third-order valence-electron chi connectivity index (χ3n) is 2.83. The van der Waals surface area contributed by atoms with E-state index in [4.69, 9.17) is 9.52 Å². The smallest absolute Gasteiger partial charge is 0.335 e. The van der Waals surface area contributed by atoms with Crippen LogP contribution in [-0.4, -0.2) is 22.0 Å². The van der Waals surface area contributed by atoms with E-state index in [9.17, 15) is 9.59 Å². The Labute approximate surface area is 115 Å². The molecule has 104 valence electrons. The third kappa shape index (κ3) is 2.69. The average molecular weight is 274 g/mol. The number of aromatic nitrogens is 1. The van der Waals surface area contributed by atoms with Gasteiger partial charge in [-0.15, -0.1) is 0 Å². The first-order valence-electron chi connectivity index (χ1n) is 5.98. The van der Waals surface area contributed by atoms with Gasteiger partial charge in [-0.25, -0.2) is 9.78 Å². The number of aryl methyl sites for hydroxylation is 3. The van der Waals surface area contributed by atoms with Crippen molar-refractivity contribution in [2.75, 3.05) is 5.32 Å². The van der Waals surface area contributed by atoms with Crippen molar-refractivity contribution < 1.29 is 19.1 Å². The van der Waals surface area contributed by atoms with Crippen molar-refractivity contribution in [1.29, 1.82) is 0 Å². The lowest BCUT2D eigenvalue weighted by molar-refractivity contribution is 0.0696. The molecule has 1 amide bonds. The molecule has 6 heteroatoms. The molecule has 2 N–H and O–H groups in total. The van der Waals surface area contributed by atoms with Gasteiger partial charge in [0.15, 0.2) is 5.89 Å². The van der Waals surface area contributed by atoms with E-state index in [1.54, 1.807) is 26.8 Å². The number of benzene rings is 1. The van der Waals surface area contributed by atoms with Gasteiger partial charge >= 0.3 is 5.97 Å². The molecular formula is C14H14N2O4. The number of nitrogens with one attached hydrogen (secondary N) is 1. The number of amides is 1. The number of carboxylic acid groups (broad SMARTS) is 1. The lowest BCUT2D eigenvalue weighted by Crippen LogP contribution is -2.13. The van der Waals surface area contributed by atoms with Crippen molar-refractivity contribution in [2.45, 2.75) is 20.8 Å². The number of nitrogens with zero attached hydrogens (tertiary/aromatic N) is 1. The third-order valence-corrected chi connectivity index (χ3v) is 2.83. The highest BCUT2D eigenvalue weighted by molar-refractivity contribution is 6.03. The molecule has 0 atom stereocenters. The summed E-state index contributed by atoms with van der Waals surface area (Å²) in [5, 5.41) is 11.6. The molecule has 0 spiro atoms. The van der Waals surface area contributed by atoms with E-state index in [0.717, 1.165) is 0 Å². The van der Waals surface area contributed by atoms with Crippen LogP contribution in [0.5, 0.6) is 0 Å². The van der Waals surface area contributed by atoms with Crippen molar-refractivity contribution in [1.82, 2.24) is 4.98 Å². The molecule has 0 unspecified atom stereocenters. The number of carbonyl (C=O) groups is 2. The number of oxazole rings is 1. The van der Waals surface area contributed by atoms with E-state index < -0.39 is 11.9 Å². The lowest BCUT2D eigenvalue weighted by atomic mass is 10.1. The molecule has 1 aromatic heterocycles. The minimum Gasteiger partial charge on any atom is -0.478 e. The maximum atomic E-state index is 12.1. The largest absolute Gasteiger partial charge is 0.478 e. The predicted molar refractivity (Wildman–Crippen MR) is 72.1 cm³/mol. The Morgan fingerprint density at radius 2 is 1.95 bits per heavy atom. The van der Waals surface area contributed by atoms with Gasteiger partial charge in [-0.2, -0.15) is 0 Å². The van der Waals surface area contributed by atoms with E-state index in [0.29, 0.717) is 22.8 Å². The van der Waals surface area contributed by atoms with Crippen LogP contribution in [0.15, 0.2) is 22.6 Å². The number of hydrogen-bond donors (Lipinski definition) is 2. The molecule has 0 aliphatic rings. The molecule has 1 aromatic carbocycles. The molecule has 0 aliphatic heterocycles. The van der Waals surface area contributed by atoms with Crippen LogP contribution in [0.1, 0.15) is 38.1 Å². The van der Waals surface area contributed by atoms with Gasteiger partial charge in [0.1, 0.15) is 0 Å². The number of aromatic carboxylic acids is 1. The Balaban J connectivity index is 2.24. The molecule has 0 saturated heterocycles. The zero-order valence-corrected chi connectivity index (χ0v) is 11.4. The molecule has 2 rings (SSSR count). The Hall–Kier alpha value is -2.63. The van der Waals surface area contributed by atoms with Gasteiger partial charge in [0.2, 0.25) is 5.76 Å². The number of rotatable bonds is 3. The van der Waals surface area contributed by atoms with E-state index in [1.807, 2.05) is 0 Å². The summed E-state index contributed by atoms with van der Waals surface area (Å²) in [6.45, 7) is 5.07. The van der Waals surface area contributed by atoms with Gasteiger partial charge in [-0.1, -0.05) is 0 Å². The maximum Gasteiger partial charge on any atom is 0.335 e. The highest BCUT2D eigenvalue weighted by Crippen LogP contribution is 2.19. The monoisotopic (exact) mass is 274 g/mol. The number of carbonyl (C=O) groups excluding carboxylic acids is 1. The molecular weight excluding hydrogens is 260 g/mol. The van der Waals surface area contributed by atoms with Crippen molar-refractivity contribution in [3.05, 3.63) is 46.7 Å². The molecule has 2 aromatic rings. The van der Waals surface area contributed by atoms with Crippen molar-refractivity contribution in [3.8, 4) is 0 Å². The summed E-state index contributed by atoms with van der Waals surface area (Å²) in [5.74, 6) is -0.836. The van der Waals surface area contributed by atoms with Gasteiger partial charge in [-0.05, 0) is 37.6 Å². The fourth-order valence-corrected chi connectivity index (χ4v) is 1.86. The molecule has 6 nitrogen and oxygen atoms in total. The van der Waals surface area contributed by atoms with Gasteiger partial charge in [-0.3, -0.25) is 4.79 Å². The molecule has 0 fully saturated rings. The van der Waals surface area contributed by atoms with E-state index in [1.165, 1.54) is 12.1 Å². The Kier molecular flexibility index (Phi) is 3.56. The first kappa shape index (κ1) is 13.8. The number of carboxylic acids is 1. The summed E-state index contributed by atoms with van der Waals surface area (Å²) in [7, 11) is 0. The minimum absolute atomic E-state index is 0.157. The fraction of sp³-hybridized carbons (Fsp3) is 0.214. The second kappa shape index (κ2) is 5.16. The zero-order chi connectivity index (χ0) is 14.9. The minimum atomic E-state index is -1.01. The fourth-order valence-electron chi connectivity index (χ4n) is 1.86. The Bertz CT molecular complexity index is 688. The number of hydrogen-bond acceptors (Lipinski definition) is 4. The van der Waals surface area contributed by atoms with E-state index in [-0.39, 0.29) is 11.3 Å². The molecule has 0 saturated carbocycles. The molecule has 0 radical (unpaired) electrons. The normalized spacial score (nSPS) is 10.3. The van der Waals surface area contributed by atoms with E-state index in [2.05, 4.69) is 10.3 Å². The summed E-state index contributed by atoms with van der Waals surface area (Å²) in [5.41, 5.74) is 1.88. The lowest BCUT2D eigenvalue weighted by Gasteiger charge is -2.08. The van der Waals surface area contributed by atoms with Crippen LogP contribution in [0.4, 0.5) is 5.69 Å². The Morgan fingerprint density at radius 1 is 1.25 bits per heavy atom. The Morgan fingerprint density at radius 3 is 2.45 bits per heavy atom. The summed E-state index contributed by atoms with van der Waals surface area (Å²) in [6.07, 6.45) is 0. The second-order valence-electron chi connectivity index (χ2n) is 4.44. The van der Waals surface area contributed by atoms with Crippen molar-refractivity contribution >= 4 is 17.6 Å². The van der Waals surface area contributed by atoms with Crippen LogP contribution in [0, 0.1) is 20.8 Å². The predicted octanol–water partition coefficient (Wildman–Crippen LogP) is 2.55. The summed E-state index contributed by atoms with van der Waals surface area (Å²) in [4.78, 5) is 26.9. The van der Waals surface area contributed by atoms with Gasteiger partial charge in [0.25, 0.3) is 5.91 Å². The number of anilines is 1. The standard InChI is InChI=1S/C14H14N2O4/c1-7-6-10(14(18)19)4-5-11(7)16-13(17)12-8(2)15-9(3)20-12/h4-6H,1-3H3,(H,16,17)(H,18,19). The van der Waals surface area contributed by atoms with Crippen molar-refractivity contribution in [2.24, 2.45) is 0 Å². The zero-order valence-electron chi connectivity index (χ0n) is 11.4. The summed E-state index contributed by atoms with van der Waals surface area (Å²) in [6, 6.07) is 4.48. The van der Waals surface area contributed by atoms with Crippen LogP contribution in [-0.2, 0) is 0 Å². The average Bonchev–Trinajstić information content (AvgIpc) is 2.70. The van der Waals surface area contributed by atoms with Gasteiger partial charge in [0.05, 0.1) is 11.3 Å². The maximum absolute atomic E-state index is 12.1. The topological polar surface area (TPSA) is 92.4 Å². The molecule has 1 heterocycles. The molecule has 0 aliphatic carbocycles. The highest BCUT2D eigenvalue weighted by atomic mass is 16.4. The first-order chi connectivity index (χ1) is 9.38. The SMILES string of the molecule is Cc1nc(C)c(C(=O)Nc2ccc(C(=O)O)cc2C)o1. The first-order valence-corrected chi connectivity index (χ1v) is 5.98. The van der Waals surface area contributed by atoms with Gasteiger partial charge in [0, 0.05) is 12.6 Å². The summed E-state index contributed by atoms with van der Waals surface area (Å²) < 4.78 is 5.23. The molecule has 0 bridgehead atoms. The highest BCUT2D eigenvalue weighted by Gasteiger charge is 2.17. The van der Waals surface area contributed by atoms with Crippen LogP contribution in [0.25, 0.3) is 0 Å². The van der Waals surface area contributed by atoms with Crippen LogP contribution in [0.2, 0.25) is 0 Å². The molecule has 20 heavy (non-hydrogen) atoms. The van der Waals surface area contributed by atoms with Gasteiger partial charge < -0.3 is 14.8 Å². The second-order valence-corrected chi connectivity index (χ2v) is 4.44. The van der Waals surface area contributed by atoms with Crippen LogP contribution in [0.3, 0.4) is 0 Å². The summed E-state index contributed by atoms with van der Waals surface area (Å²) >= 11 is 0. The van der Waals surface area contributed by atoms with Crippen LogP contribution < -0.4 is 5.32 Å².